The zero-order valence-corrected chi connectivity index (χ0v) is 16.9. The summed E-state index contributed by atoms with van der Waals surface area (Å²) in [7, 11) is 0. The summed E-state index contributed by atoms with van der Waals surface area (Å²) in [5.41, 5.74) is 5.50. The van der Waals surface area contributed by atoms with Crippen LogP contribution >= 0.6 is 36.2 Å². The van der Waals surface area contributed by atoms with E-state index < -0.39 is 5.54 Å². The molecule has 0 radical (unpaired) electrons. The van der Waals surface area contributed by atoms with Gasteiger partial charge in [0, 0.05) is 37.7 Å². The van der Waals surface area contributed by atoms with Crippen molar-refractivity contribution in [2.45, 2.75) is 37.8 Å². The van der Waals surface area contributed by atoms with Gasteiger partial charge in [-0.05, 0) is 49.6 Å². The van der Waals surface area contributed by atoms with Gasteiger partial charge in [-0.1, -0.05) is 6.07 Å². The number of carbonyl (C=O) groups is 1. The molecule has 2 fully saturated rings. The van der Waals surface area contributed by atoms with Crippen LogP contribution in [0.25, 0.3) is 0 Å². The summed E-state index contributed by atoms with van der Waals surface area (Å²) >= 11 is 1.81. The van der Waals surface area contributed by atoms with E-state index in [1.807, 2.05) is 11.3 Å². The molecule has 1 amide bonds. The number of likely N-dealkylation sites (tertiary alicyclic amines) is 1. The second-order valence-corrected chi connectivity index (χ2v) is 7.83. The van der Waals surface area contributed by atoms with E-state index in [1.165, 1.54) is 17.7 Å². The van der Waals surface area contributed by atoms with Crippen LogP contribution in [0.1, 0.15) is 30.6 Å². The number of carbonyl (C=O) groups excluding carboxylic acids is 1. The van der Waals surface area contributed by atoms with Crippen molar-refractivity contribution in [1.29, 1.82) is 0 Å². The maximum absolute atomic E-state index is 12.4. The third-order valence-electron chi connectivity index (χ3n) is 4.95. The Labute approximate surface area is 166 Å². The Morgan fingerprint density at radius 1 is 1.40 bits per heavy atom. The fraction of sp³-hybridized carbons (Fsp3) is 0.706. The van der Waals surface area contributed by atoms with E-state index in [0.717, 1.165) is 26.2 Å². The molecule has 1 aromatic rings. The highest BCUT2D eigenvalue weighted by atomic mass is 35.5. The first-order valence-electron chi connectivity index (χ1n) is 8.55. The summed E-state index contributed by atoms with van der Waals surface area (Å²) in [6.45, 7) is 5.14. The largest absolute Gasteiger partial charge is 0.381 e. The molecule has 0 aromatic carbocycles. The fourth-order valence-corrected chi connectivity index (χ4v) is 4.21. The molecule has 144 valence electrons. The van der Waals surface area contributed by atoms with E-state index in [1.54, 1.807) is 0 Å². The molecule has 1 unspecified atom stereocenters. The van der Waals surface area contributed by atoms with Crippen molar-refractivity contribution in [3.05, 3.63) is 22.4 Å². The second kappa shape index (κ2) is 10.7. The number of rotatable bonds is 5. The first kappa shape index (κ1) is 22.7. The van der Waals surface area contributed by atoms with Crippen LogP contribution in [-0.2, 0) is 16.1 Å². The minimum Gasteiger partial charge on any atom is -0.381 e. The number of nitrogens with one attached hydrogen (secondary N) is 1. The smallest absolute Gasteiger partial charge is 0.240 e. The van der Waals surface area contributed by atoms with Crippen LogP contribution in [0, 0.1) is 5.92 Å². The Bertz CT molecular complexity index is 510. The number of nitrogens with zero attached hydrogens (tertiary/aromatic N) is 1. The van der Waals surface area contributed by atoms with Gasteiger partial charge in [0.05, 0.1) is 5.54 Å². The predicted octanol–water partition coefficient (Wildman–Crippen LogP) is 2.43. The summed E-state index contributed by atoms with van der Waals surface area (Å²) in [6.07, 6.45) is 3.62. The summed E-state index contributed by atoms with van der Waals surface area (Å²) in [5, 5.41) is 5.23. The number of piperidine rings is 1. The lowest BCUT2D eigenvalue weighted by Gasteiger charge is -2.35. The van der Waals surface area contributed by atoms with E-state index in [4.69, 9.17) is 10.5 Å². The van der Waals surface area contributed by atoms with Crippen LogP contribution in [0.5, 0.6) is 0 Å². The average Bonchev–Trinajstić information content (AvgIpc) is 3.06. The molecule has 3 N–H and O–H groups in total. The van der Waals surface area contributed by atoms with E-state index in [2.05, 4.69) is 27.7 Å². The van der Waals surface area contributed by atoms with Crippen LogP contribution < -0.4 is 11.1 Å². The van der Waals surface area contributed by atoms with Gasteiger partial charge in [0.2, 0.25) is 5.91 Å². The zero-order valence-electron chi connectivity index (χ0n) is 14.4. The minimum atomic E-state index is -0.733. The Balaban J connectivity index is 0.00000156. The van der Waals surface area contributed by atoms with Crippen LogP contribution in [-0.4, -0.2) is 49.2 Å². The Hall–Kier alpha value is -0.370. The highest BCUT2D eigenvalue weighted by molar-refractivity contribution is 7.09. The topological polar surface area (TPSA) is 67.6 Å². The van der Waals surface area contributed by atoms with Crippen molar-refractivity contribution in [1.82, 2.24) is 10.2 Å². The molecule has 0 saturated carbocycles. The number of amides is 1. The van der Waals surface area contributed by atoms with Crippen molar-refractivity contribution in [3.8, 4) is 0 Å². The van der Waals surface area contributed by atoms with Gasteiger partial charge in [-0.25, -0.2) is 0 Å². The molecule has 3 rings (SSSR count). The van der Waals surface area contributed by atoms with Crippen LogP contribution in [0.4, 0.5) is 0 Å². The third kappa shape index (κ3) is 6.38. The van der Waals surface area contributed by atoms with Gasteiger partial charge in [0.25, 0.3) is 0 Å². The number of hydrogen-bond acceptors (Lipinski definition) is 5. The normalized spacial score (nSPS) is 23.2. The molecule has 2 saturated heterocycles. The lowest BCUT2D eigenvalue weighted by molar-refractivity contribution is -0.130. The van der Waals surface area contributed by atoms with Gasteiger partial charge < -0.3 is 15.8 Å². The van der Waals surface area contributed by atoms with Gasteiger partial charge in [-0.15, -0.1) is 36.2 Å². The molecule has 5 nitrogen and oxygen atoms in total. The standard InChI is InChI=1S/C17H27N3O2S.2ClH/c18-17(5-8-22-9-6-17)16(21)19-11-14-3-1-7-20(12-14)13-15-4-2-10-23-15;;/h2,4,10,14H,1,3,5-9,11-13,18H2,(H,19,21);2*1H. The molecule has 0 spiro atoms. The third-order valence-corrected chi connectivity index (χ3v) is 5.81. The van der Waals surface area contributed by atoms with Gasteiger partial charge in [-0.2, -0.15) is 0 Å². The van der Waals surface area contributed by atoms with Crippen molar-refractivity contribution in [3.63, 3.8) is 0 Å². The number of halogens is 2. The number of thiophene rings is 1. The molecule has 1 atom stereocenters. The fourth-order valence-electron chi connectivity index (χ4n) is 3.46. The minimum absolute atomic E-state index is 0. The van der Waals surface area contributed by atoms with Crippen molar-refractivity contribution in [2.75, 3.05) is 32.8 Å². The Kier molecular flexibility index (Phi) is 9.70. The van der Waals surface area contributed by atoms with Gasteiger partial charge in [0.15, 0.2) is 0 Å². The maximum atomic E-state index is 12.4. The number of hydrogen-bond donors (Lipinski definition) is 2. The van der Waals surface area contributed by atoms with Crippen LogP contribution in [0.15, 0.2) is 17.5 Å². The lowest BCUT2D eigenvalue weighted by atomic mass is 9.90. The van der Waals surface area contributed by atoms with Gasteiger partial charge in [0.1, 0.15) is 0 Å². The molecular formula is C17H29Cl2N3O2S. The van der Waals surface area contributed by atoms with Crippen LogP contribution in [0.3, 0.4) is 0 Å². The zero-order chi connectivity index (χ0) is 16.1. The first-order valence-corrected chi connectivity index (χ1v) is 9.43. The van der Waals surface area contributed by atoms with Crippen molar-refractivity contribution >= 4 is 42.1 Å². The van der Waals surface area contributed by atoms with E-state index >= 15 is 0 Å². The summed E-state index contributed by atoms with van der Waals surface area (Å²) in [5.74, 6) is 0.521. The highest BCUT2D eigenvalue weighted by Gasteiger charge is 2.36. The first-order chi connectivity index (χ1) is 11.2. The monoisotopic (exact) mass is 409 g/mol. The van der Waals surface area contributed by atoms with Crippen molar-refractivity contribution in [2.24, 2.45) is 11.7 Å². The maximum Gasteiger partial charge on any atom is 0.240 e. The highest BCUT2D eigenvalue weighted by Crippen LogP contribution is 2.21. The molecule has 2 aliphatic heterocycles. The van der Waals surface area contributed by atoms with Crippen molar-refractivity contribution < 1.29 is 9.53 Å². The SMILES string of the molecule is Cl.Cl.NC1(C(=O)NCC2CCCN(Cc3cccs3)C2)CCOCC1. The molecule has 0 bridgehead atoms. The predicted molar refractivity (Wildman–Crippen MR) is 107 cm³/mol. The quantitative estimate of drug-likeness (QED) is 0.783. The van der Waals surface area contributed by atoms with E-state index in [-0.39, 0.29) is 30.7 Å². The van der Waals surface area contributed by atoms with Gasteiger partial charge in [-0.3, -0.25) is 9.69 Å². The molecule has 8 heteroatoms. The lowest BCUT2D eigenvalue weighted by Crippen LogP contribution is -2.57. The van der Waals surface area contributed by atoms with Crippen LogP contribution in [0.2, 0.25) is 0 Å². The Morgan fingerprint density at radius 2 is 2.16 bits per heavy atom. The molecular weight excluding hydrogens is 381 g/mol. The van der Waals surface area contributed by atoms with E-state index in [0.29, 0.717) is 32.0 Å². The summed E-state index contributed by atoms with van der Waals surface area (Å²) < 4.78 is 5.31. The average molecular weight is 410 g/mol. The summed E-state index contributed by atoms with van der Waals surface area (Å²) in [4.78, 5) is 16.3. The van der Waals surface area contributed by atoms with E-state index in [9.17, 15) is 4.79 Å². The number of nitrogens with two attached hydrogens (primary N) is 1. The molecule has 25 heavy (non-hydrogen) atoms. The molecule has 3 heterocycles. The van der Waals surface area contributed by atoms with Gasteiger partial charge >= 0.3 is 0 Å². The Morgan fingerprint density at radius 3 is 2.84 bits per heavy atom. The number of ether oxygens (including phenoxy) is 1. The second-order valence-electron chi connectivity index (χ2n) is 6.80. The summed E-state index contributed by atoms with van der Waals surface area (Å²) in [6, 6.07) is 4.30. The molecule has 2 aliphatic rings. The molecule has 0 aliphatic carbocycles. The molecule has 1 aromatic heterocycles.